The average molecular weight is 303 g/mol. The third-order valence-electron chi connectivity index (χ3n) is 2.79. The molecule has 0 saturated heterocycles. The van der Waals surface area contributed by atoms with Crippen LogP contribution in [0.4, 0.5) is 5.69 Å². The lowest BCUT2D eigenvalue weighted by Gasteiger charge is -2.11. The van der Waals surface area contributed by atoms with Gasteiger partial charge in [-0.1, -0.05) is 23.9 Å². The number of rotatable bonds is 4. The number of hydrogen-bond donors (Lipinski definition) is 2. The lowest BCUT2D eigenvalue weighted by atomic mass is 10.2. The third-order valence-corrected chi connectivity index (χ3v) is 3.78. The van der Waals surface area contributed by atoms with Crippen LogP contribution in [0.15, 0.2) is 40.3 Å². The predicted molar refractivity (Wildman–Crippen MR) is 84.7 cm³/mol. The molecule has 1 heterocycles. The van der Waals surface area contributed by atoms with Gasteiger partial charge in [0.05, 0.1) is 5.25 Å². The van der Waals surface area contributed by atoms with Crippen LogP contribution in [-0.4, -0.2) is 21.1 Å². The summed E-state index contributed by atoms with van der Waals surface area (Å²) in [4.78, 5) is 30.4. The molecule has 0 aliphatic carbocycles. The van der Waals surface area contributed by atoms with E-state index in [1.54, 1.807) is 13.8 Å². The van der Waals surface area contributed by atoms with Crippen molar-refractivity contribution in [1.29, 1.82) is 0 Å². The number of H-pyrrole nitrogens is 1. The summed E-state index contributed by atoms with van der Waals surface area (Å²) >= 11 is 1.22. The van der Waals surface area contributed by atoms with E-state index in [1.165, 1.54) is 17.8 Å². The molecule has 0 aliphatic rings. The van der Waals surface area contributed by atoms with E-state index in [4.69, 9.17) is 0 Å². The van der Waals surface area contributed by atoms with E-state index in [0.717, 1.165) is 11.3 Å². The van der Waals surface area contributed by atoms with Gasteiger partial charge in [0.25, 0.3) is 5.56 Å². The molecule has 1 aromatic carbocycles. The van der Waals surface area contributed by atoms with Gasteiger partial charge >= 0.3 is 0 Å². The minimum atomic E-state index is -0.365. The van der Waals surface area contributed by atoms with Gasteiger partial charge in [0.1, 0.15) is 0 Å². The molecule has 0 aliphatic heterocycles. The number of carbonyl (C=O) groups is 1. The lowest BCUT2D eigenvalue weighted by Crippen LogP contribution is -2.23. The molecule has 0 bridgehead atoms. The van der Waals surface area contributed by atoms with E-state index in [1.807, 2.05) is 31.2 Å². The molecular weight excluding hydrogens is 286 g/mol. The Hall–Kier alpha value is -2.08. The molecule has 0 radical (unpaired) electrons. The number of aromatic amines is 1. The lowest BCUT2D eigenvalue weighted by molar-refractivity contribution is -0.115. The first-order valence-electron chi connectivity index (χ1n) is 6.56. The predicted octanol–water partition coefficient (Wildman–Crippen LogP) is 2.51. The Morgan fingerprint density at radius 3 is 2.76 bits per heavy atom. The molecule has 6 heteroatoms. The van der Waals surface area contributed by atoms with Gasteiger partial charge in [-0.05, 0) is 38.5 Å². The molecule has 2 rings (SSSR count). The highest BCUT2D eigenvalue weighted by molar-refractivity contribution is 8.00. The van der Waals surface area contributed by atoms with Crippen molar-refractivity contribution in [3.8, 4) is 0 Å². The monoisotopic (exact) mass is 303 g/mol. The summed E-state index contributed by atoms with van der Waals surface area (Å²) in [7, 11) is 0. The van der Waals surface area contributed by atoms with Gasteiger partial charge in [-0.15, -0.1) is 0 Å². The van der Waals surface area contributed by atoms with Gasteiger partial charge in [0.2, 0.25) is 5.91 Å². The number of anilines is 1. The SMILES string of the molecule is Cc1cccc(NC(=O)C(C)Sc2nc(C)cc(=O)[nH]2)c1. The van der Waals surface area contributed by atoms with Gasteiger partial charge in [0.15, 0.2) is 5.16 Å². The zero-order valence-corrected chi connectivity index (χ0v) is 13.0. The average Bonchev–Trinajstić information content (AvgIpc) is 2.37. The van der Waals surface area contributed by atoms with Gasteiger partial charge in [-0.2, -0.15) is 0 Å². The second-order valence-electron chi connectivity index (χ2n) is 4.81. The molecule has 1 atom stereocenters. The van der Waals surface area contributed by atoms with Crippen molar-refractivity contribution in [2.45, 2.75) is 31.2 Å². The van der Waals surface area contributed by atoms with Crippen LogP contribution in [0.25, 0.3) is 0 Å². The summed E-state index contributed by atoms with van der Waals surface area (Å²) < 4.78 is 0. The van der Waals surface area contributed by atoms with Crippen LogP contribution < -0.4 is 10.9 Å². The number of aromatic nitrogens is 2. The molecule has 0 fully saturated rings. The highest BCUT2D eigenvalue weighted by Crippen LogP contribution is 2.20. The Morgan fingerprint density at radius 1 is 1.33 bits per heavy atom. The van der Waals surface area contributed by atoms with Crippen molar-refractivity contribution in [3.63, 3.8) is 0 Å². The van der Waals surface area contributed by atoms with Gasteiger partial charge in [0, 0.05) is 17.4 Å². The van der Waals surface area contributed by atoms with Crippen LogP contribution in [0.1, 0.15) is 18.2 Å². The van der Waals surface area contributed by atoms with Gasteiger partial charge in [-0.3, -0.25) is 9.59 Å². The maximum atomic E-state index is 12.1. The zero-order valence-electron chi connectivity index (χ0n) is 12.1. The molecule has 0 saturated carbocycles. The van der Waals surface area contributed by atoms with Gasteiger partial charge in [-0.25, -0.2) is 4.98 Å². The summed E-state index contributed by atoms with van der Waals surface area (Å²) in [5.41, 5.74) is 2.26. The van der Waals surface area contributed by atoms with Crippen LogP contribution in [0, 0.1) is 13.8 Å². The van der Waals surface area contributed by atoms with Crippen molar-refractivity contribution in [1.82, 2.24) is 9.97 Å². The fraction of sp³-hybridized carbons (Fsp3) is 0.267. The van der Waals surface area contributed by atoms with E-state index in [9.17, 15) is 9.59 Å². The normalized spacial score (nSPS) is 12.0. The molecule has 0 spiro atoms. The molecule has 1 aromatic heterocycles. The Labute approximate surface area is 127 Å². The Kier molecular flexibility index (Phi) is 4.80. The van der Waals surface area contributed by atoms with E-state index in [0.29, 0.717) is 10.9 Å². The van der Waals surface area contributed by atoms with Crippen molar-refractivity contribution in [2.24, 2.45) is 0 Å². The second kappa shape index (κ2) is 6.58. The van der Waals surface area contributed by atoms with E-state index >= 15 is 0 Å². The van der Waals surface area contributed by atoms with Crippen molar-refractivity contribution < 1.29 is 4.79 Å². The molecule has 1 amide bonds. The van der Waals surface area contributed by atoms with E-state index in [2.05, 4.69) is 15.3 Å². The van der Waals surface area contributed by atoms with Crippen molar-refractivity contribution >= 4 is 23.4 Å². The zero-order chi connectivity index (χ0) is 15.4. The fourth-order valence-corrected chi connectivity index (χ4v) is 2.65. The Morgan fingerprint density at radius 2 is 2.10 bits per heavy atom. The number of nitrogens with one attached hydrogen (secondary N) is 2. The first kappa shape index (κ1) is 15.3. The van der Waals surface area contributed by atoms with Gasteiger partial charge < -0.3 is 10.3 Å². The van der Waals surface area contributed by atoms with E-state index < -0.39 is 0 Å². The van der Waals surface area contributed by atoms with Crippen LogP contribution in [0.3, 0.4) is 0 Å². The minimum absolute atomic E-state index is 0.130. The molecule has 1 unspecified atom stereocenters. The van der Waals surface area contributed by atoms with E-state index in [-0.39, 0.29) is 16.7 Å². The summed E-state index contributed by atoms with van der Waals surface area (Å²) in [5.74, 6) is -0.130. The molecule has 2 N–H and O–H groups in total. The Balaban J connectivity index is 2.04. The number of aryl methyl sites for hydroxylation is 2. The topological polar surface area (TPSA) is 74.8 Å². The molecule has 21 heavy (non-hydrogen) atoms. The fourth-order valence-electron chi connectivity index (χ4n) is 1.80. The first-order chi connectivity index (χ1) is 9.94. The maximum Gasteiger partial charge on any atom is 0.251 e. The summed E-state index contributed by atoms with van der Waals surface area (Å²) in [6.45, 7) is 5.49. The highest BCUT2D eigenvalue weighted by Gasteiger charge is 2.16. The number of nitrogens with zero attached hydrogens (tertiary/aromatic N) is 1. The Bertz CT molecular complexity index is 712. The largest absolute Gasteiger partial charge is 0.325 e. The van der Waals surface area contributed by atoms with Crippen LogP contribution in [-0.2, 0) is 4.79 Å². The minimum Gasteiger partial charge on any atom is -0.325 e. The van der Waals surface area contributed by atoms with Crippen LogP contribution in [0.2, 0.25) is 0 Å². The van der Waals surface area contributed by atoms with Crippen LogP contribution in [0.5, 0.6) is 0 Å². The van der Waals surface area contributed by atoms with Crippen LogP contribution >= 0.6 is 11.8 Å². The number of hydrogen-bond acceptors (Lipinski definition) is 4. The molecular formula is C15H17N3O2S. The quantitative estimate of drug-likeness (QED) is 0.672. The van der Waals surface area contributed by atoms with Crippen molar-refractivity contribution in [3.05, 3.63) is 51.9 Å². The smallest absolute Gasteiger partial charge is 0.251 e. The number of thioether (sulfide) groups is 1. The molecule has 5 nitrogen and oxygen atoms in total. The summed E-state index contributed by atoms with van der Waals surface area (Å²) in [5, 5.41) is 2.94. The summed E-state index contributed by atoms with van der Waals surface area (Å²) in [6, 6.07) is 9.02. The maximum absolute atomic E-state index is 12.1. The summed E-state index contributed by atoms with van der Waals surface area (Å²) in [6.07, 6.45) is 0. The highest BCUT2D eigenvalue weighted by atomic mass is 32.2. The number of benzene rings is 1. The number of carbonyl (C=O) groups excluding carboxylic acids is 1. The second-order valence-corrected chi connectivity index (χ2v) is 6.14. The standard InChI is InChI=1S/C15H17N3O2S/c1-9-5-4-6-12(7-9)17-14(20)11(3)21-15-16-10(2)8-13(19)18-15/h4-8,11H,1-3H3,(H,17,20)(H,16,18,19). The third kappa shape index (κ3) is 4.46. The first-order valence-corrected chi connectivity index (χ1v) is 7.44. The molecule has 2 aromatic rings. The number of amides is 1. The molecule has 110 valence electrons. The van der Waals surface area contributed by atoms with Crippen molar-refractivity contribution in [2.75, 3.05) is 5.32 Å².